The van der Waals surface area contributed by atoms with Crippen LogP contribution in [0.4, 0.5) is 34.1 Å². The summed E-state index contributed by atoms with van der Waals surface area (Å²) < 4.78 is 0. The second-order valence-corrected chi connectivity index (χ2v) is 9.28. The van der Waals surface area contributed by atoms with Crippen molar-refractivity contribution in [3.8, 4) is 71.0 Å². The van der Waals surface area contributed by atoms with Gasteiger partial charge in [-0.15, -0.1) is 0 Å². The summed E-state index contributed by atoms with van der Waals surface area (Å²) in [4.78, 5) is 31.1. The van der Waals surface area contributed by atoms with Crippen LogP contribution in [0.15, 0.2) is 72.8 Å². The molecule has 228 valence electrons. The van der Waals surface area contributed by atoms with Gasteiger partial charge in [0.1, 0.15) is 0 Å². The molecule has 0 bridgehead atoms. The molecule has 0 aliphatic rings. The van der Waals surface area contributed by atoms with Gasteiger partial charge in [0.05, 0.1) is 48.5 Å². The Morgan fingerprint density at radius 1 is 0.375 bits per heavy atom. The summed E-state index contributed by atoms with van der Waals surface area (Å²) >= 11 is 0. The Kier molecular flexibility index (Phi) is 10.3. The number of hydrogen-bond donors (Lipinski definition) is 3. The number of anilines is 3. The molecule has 0 radical (unpaired) electrons. The van der Waals surface area contributed by atoms with Crippen molar-refractivity contribution in [2.45, 2.75) is 0 Å². The highest BCUT2D eigenvalue weighted by Crippen LogP contribution is 2.33. The highest BCUT2D eigenvalue weighted by Gasteiger charge is 2.16. The normalized spacial score (nSPS) is 9.00. The molecule has 0 spiro atoms. The summed E-state index contributed by atoms with van der Waals surface area (Å²) in [5.41, 5.74) is 20.9. The van der Waals surface area contributed by atoms with Gasteiger partial charge in [0.25, 0.3) is 17.1 Å². The lowest BCUT2D eigenvalue weighted by molar-refractivity contribution is -0.385. The molecule has 48 heavy (non-hydrogen) atoms. The number of nitrogen functional groups attached to an aromatic ring is 3. The monoisotopic (exact) mass is 630 g/mol. The number of nitrogens with zero attached hydrogens (tertiary/aromatic N) is 3. The number of rotatable bonds is 3. The van der Waals surface area contributed by atoms with Crippen LogP contribution in [-0.4, -0.2) is 14.8 Å². The Labute approximate surface area is 273 Å². The zero-order valence-electron chi connectivity index (χ0n) is 24.5. The van der Waals surface area contributed by atoms with Gasteiger partial charge in [-0.25, -0.2) is 0 Å². The van der Waals surface area contributed by atoms with Gasteiger partial charge in [0.15, 0.2) is 0 Å². The van der Waals surface area contributed by atoms with Crippen LogP contribution >= 0.6 is 0 Å². The standard InChI is InChI=1S/C36H18N6O6/c37-34-31(10-4-1-7-25-13-19-28(20-14-25)40(43)44)35(38)33(12-6-3-9-27-17-23-30(24-18-27)42(47)48)36(39)32(34)11-5-2-8-26-15-21-29(22-16-26)41(45)46/h13-24H,37-39H2. The van der Waals surface area contributed by atoms with Crippen molar-refractivity contribution >= 4 is 34.1 Å². The Hall–Kier alpha value is -8.16. The SMILES string of the molecule is Nc1c(C#CC#Cc2ccc([N+](=O)[O-])cc2)c(N)c(C#CC#Cc2ccc([N+](=O)[O-])cc2)c(N)c1C#CC#Cc1ccc([N+](=O)[O-])cc1. The second kappa shape index (κ2) is 15.0. The zero-order chi connectivity index (χ0) is 34.6. The van der Waals surface area contributed by atoms with E-state index < -0.39 is 14.8 Å². The third-order valence-corrected chi connectivity index (χ3v) is 6.22. The third-order valence-electron chi connectivity index (χ3n) is 6.22. The lowest BCUT2D eigenvalue weighted by atomic mass is 9.97. The van der Waals surface area contributed by atoms with E-state index in [9.17, 15) is 30.3 Å². The number of nitrogens with two attached hydrogens (primary N) is 3. The molecule has 0 heterocycles. The van der Waals surface area contributed by atoms with Gasteiger partial charge in [-0.1, -0.05) is 17.8 Å². The fourth-order valence-corrected chi connectivity index (χ4v) is 3.81. The van der Waals surface area contributed by atoms with E-state index in [0.717, 1.165) is 0 Å². The van der Waals surface area contributed by atoms with Crippen LogP contribution in [0, 0.1) is 101 Å². The highest BCUT2D eigenvalue weighted by atomic mass is 16.6. The topological polar surface area (TPSA) is 207 Å². The molecule has 12 heteroatoms. The summed E-state index contributed by atoms with van der Waals surface area (Å²) in [5.74, 6) is 32.6. The summed E-state index contributed by atoms with van der Waals surface area (Å²) in [7, 11) is 0. The van der Waals surface area contributed by atoms with Crippen LogP contribution in [0.3, 0.4) is 0 Å². The number of benzene rings is 4. The van der Waals surface area contributed by atoms with Gasteiger partial charge in [-0.05, 0) is 89.7 Å². The van der Waals surface area contributed by atoms with E-state index in [4.69, 9.17) is 17.2 Å². The summed E-state index contributed by atoms with van der Waals surface area (Å²) in [6.45, 7) is 0. The molecule has 6 N–H and O–H groups in total. The molecule has 0 aliphatic carbocycles. The Bertz CT molecular complexity index is 2080. The van der Waals surface area contributed by atoms with E-state index in [2.05, 4.69) is 71.0 Å². The van der Waals surface area contributed by atoms with Crippen LogP contribution in [0.25, 0.3) is 0 Å². The Balaban J connectivity index is 1.73. The smallest absolute Gasteiger partial charge is 0.269 e. The van der Waals surface area contributed by atoms with E-state index in [-0.39, 0.29) is 50.8 Å². The van der Waals surface area contributed by atoms with Gasteiger partial charge >= 0.3 is 0 Å². The predicted molar refractivity (Wildman–Crippen MR) is 180 cm³/mol. The van der Waals surface area contributed by atoms with Crippen molar-refractivity contribution in [1.82, 2.24) is 0 Å². The molecule has 0 saturated carbocycles. The Morgan fingerprint density at radius 2 is 0.583 bits per heavy atom. The van der Waals surface area contributed by atoms with Crippen LogP contribution in [0.5, 0.6) is 0 Å². The molecular weight excluding hydrogens is 612 g/mol. The summed E-state index contributed by atoms with van der Waals surface area (Å²) in [5, 5.41) is 32.6. The maximum absolute atomic E-state index is 10.9. The van der Waals surface area contributed by atoms with Crippen molar-refractivity contribution in [3.05, 3.63) is 137 Å². The first-order valence-electron chi connectivity index (χ1n) is 13.3. The maximum atomic E-state index is 10.9. The first-order chi connectivity index (χ1) is 23.0. The van der Waals surface area contributed by atoms with Gasteiger partial charge < -0.3 is 17.2 Å². The van der Waals surface area contributed by atoms with E-state index in [1.807, 2.05) is 0 Å². The molecule has 0 unspecified atom stereocenters. The van der Waals surface area contributed by atoms with E-state index in [1.54, 1.807) is 0 Å². The third kappa shape index (κ3) is 8.26. The summed E-state index contributed by atoms with van der Waals surface area (Å²) in [6, 6.07) is 16.8. The maximum Gasteiger partial charge on any atom is 0.269 e. The van der Waals surface area contributed by atoms with Crippen molar-refractivity contribution in [2.75, 3.05) is 17.2 Å². The van der Waals surface area contributed by atoms with Gasteiger partial charge in [-0.3, -0.25) is 30.3 Å². The molecule has 12 nitrogen and oxygen atoms in total. The number of non-ortho nitro benzene ring substituents is 3. The lowest BCUT2D eigenvalue weighted by Gasteiger charge is -2.12. The van der Waals surface area contributed by atoms with E-state index >= 15 is 0 Å². The quantitative estimate of drug-likeness (QED) is 0.127. The van der Waals surface area contributed by atoms with E-state index in [1.165, 1.54) is 72.8 Å². The number of hydrogen-bond acceptors (Lipinski definition) is 9. The zero-order valence-corrected chi connectivity index (χ0v) is 24.5. The van der Waals surface area contributed by atoms with Crippen LogP contribution in [0.2, 0.25) is 0 Å². The van der Waals surface area contributed by atoms with Crippen molar-refractivity contribution in [2.24, 2.45) is 0 Å². The first kappa shape index (κ1) is 32.7. The molecule has 4 aromatic rings. The van der Waals surface area contributed by atoms with Gasteiger partial charge in [-0.2, -0.15) is 0 Å². The largest absolute Gasteiger partial charge is 0.397 e. The molecular formula is C36H18N6O6. The molecule has 0 saturated heterocycles. The van der Waals surface area contributed by atoms with Crippen molar-refractivity contribution in [3.63, 3.8) is 0 Å². The fourth-order valence-electron chi connectivity index (χ4n) is 3.81. The van der Waals surface area contributed by atoms with Crippen molar-refractivity contribution in [1.29, 1.82) is 0 Å². The minimum absolute atomic E-state index is 0.0433. The number of nitro groups is 3. The lowest BCUT2D eigenvalue weighted by Crippen LogP contribution is -2.08. The van der Waals surface area contributed by atoms with Gasteiger partial charge in [0.2, 0.25) is 0 Å². The van der Waals surface area contributed by atoms with Crippen LogP contribution in [0.1, 0.15) is 33.4 Å². The predicted octanol–water partition coefficient (Wildman–Crippen LogP) is 4.37. The minimum atomic E-state index is -0.521. The van der Waals surface area contributed by atoms with Crippen LogP contribution < -0.4 is 17.2 Å². The summed E-state index contributed by atoms with van der Waals surface area (Å²) in [6.07, 6.45) is 0. The van der Waals surface area contributed by atoms with Gasteiger partial charge in [0, 0.05) is 53.1 Å². The molecule has 0 amide bonds. The molecule has 0 aromatic heterocycles. The van der Waals surface area contributed by atoms with E-state index in [0.29, 0.717) is 16.7 Å². The Morgan fingerprint density at radius 3 is 0.792 bits per heavy atom. The molecule has 0 atom stereocenters. The molecule has 4 rings (SSSR count). The average molecular weight is 631 g/mol. The molecule has 4 aromatic carbocycles. The van der Waals surface area contributed by atoms with Crippen LogP contribution in [-0.2, 0) is 0 Å². The molecule has 0 aliphatic heterocycles. The fraction of sp³-hybridized carbons (Fsp3) is 0. The second-order valence-electron chi connectivity index (χ2n) is 9.28. The highest BCUT2D eigenvalue weighted by molar-refractivity contribution is 5.89. The average Bonchev–Trinajstić information content (AvgIpc) is 3.07. The first-order valence-corrected chi connectivity index (χ1v) is 13.3. The number of nitro benzene ring substituents is 3. The minimum Gasteiger partial charge on any atom is -0.397 e. The van der Waals surface area contributed by atoms with Crippen molar-refractivity contribution < 1.29 is 14.8 Å². The molecule has 0 fully saturated rings.